The van der Waals surface area contributed by atoms with Crippen LogP contribution in [0.15, 0.2) is 42.5 Å². The van der Waals surface area contributed by atoms with E-state index in [1.165, 1.54) is 6.07 Å². The van der Waals surface area contributed by atoms with Crippen LogP contribution in [0.1, 0.15) is 15.9 Å². The van der Waals surface area contributed by atoms with Gasteiger partial charge in [0.2, 0.25) is 0 Å². The van der Waals surface area contributed by atoms with Crippen molar-refractivity contribution in [2.75, 3.05) is 6.54 Å². The third kappa shape index (κ3) is 3.78. The van der Waals surface area contributed by atoms with Gasteiger partial charge in [0.25, 0.3) is 5.91 Å². The zero-order valence-electron chi connectivity index (χ0n) is 10.5. The molecule has 2 aromatic carbocycles. The Labute approximate surface area is 120 Å². The molecule has 1 N–H and O–H groups in total. The second kappa shape index (κ2) is 6.48. The molecule has 0 spiro atoms. The van der Waals surface area contributed by atoms with Gasteiger partial charge in [0.05, 0.1) is 0 Å². The monoisotopic (exact) mass is 295 g/mol. The molecule has 2 nitrogen and oxygen atoms in total. The van der Waals surface area contributed by atoms with Crippen LogP contribution in [0.2, 0.25) is 5.02 Å². The summed E-state index contributed by atoms with van der Waals surface area (Å²) in [5, 5.41) is 3.28. The Bertz CT molecular complexity index is 631. The Hall–Kier alpha value is -1.94. The molecular formula is C15H12ClF2NO. The van der Waals surface area contributed by atoms with Gasteiger partial charge in [-0.1, -0.05) is 23.7 Å². The molecule has 0 radical (unpaired) electrons. The van der Waals surface area contributed by atoms with Crippen LogP contribution in [0.3, 0.4) is 0 Å². The molecular weight excluding hydrogens is 284 g/mol. The Morgan fingerprint density at radius 3 is 2.60 bits per heavy atom. The van der Waals surface area contributed by atoms with E-state index in [4.69, 9.17) is 11.6 Å². The maximum absolute atomic E-state index is 13.0. The molecule has 0 saturated heterocycles. The molecule has 2 aromatic rings. The predicted octanol–water partition coefficient (Wildman–Crippen LogP) is 3.59. The minimum absolute atomic E-state index is 0.0926. The normalized spacial score (nSPS) is 10.3. The summed E-state index contributed by atoms with van der Waals surface area (Å²) >= 11 is 5.85. The largest absolute Gasteiger partial charge is 0.352 e. The quantitative estimate of drug-likeness (QED) is 0.917. The van der Waals surface area contributed by atoms with Crippen molar-refractivity contribution in [1.82, 2.24) is 5.32 Å². The van der Waals surface area contributed by atoms with Crippen molar-refractivity contribution in [2.24, 2.45) is 0 Å². The predicted molar refractivity (Wildman–Crippen MR) is 73.8 cm³/mol. The molecule has 0 atom stereocenters. The summed E-state index contributed by atoms with van der Waals surface area (Å²) in [6.45, 7) is 0.387. The van der Waals surface area contributed by atoms with E-state index < -0.39 is 17.5 Å². The molecule has 2 rings (SSSR count). The maximum atomic E-state index is 13.0. The summed E-state index contributed by atoms with van der Waals surface area (Å²) in [6.07, 6.45) is 0.607. The molecule has 0 aliphatic carbocycles. The van der Waals surface area contributed by atoms with Gasteiger partial charge in [0.1, 0.15) is 0 Å². The van der Waals surface area contributed by atoms with Crippen molar-refractivity contribution in [3.63, 3.8) is 0 Å². The molecule has 0 aliphatic heterocycles. The van der Waals surface area contributed by atoms with Crippen LogP contribution < -0.4 is 5.32 Å². The van der Waals surface area contributed by atoms with Gasteiger partial charge in [0.15, 0.2) is 11.6 Å². The zero-order valence-corrected chi connectivity index (χ0v) is 11.3. The number of halogens is 3. The number of hydrogen-bond donors (Lipinski definition) is 1. The standard InChI is InChI=1S/C15H12ClF2NO/c16-12-3-1-2-10(8-12)6-7-19-15(20)11-4-5-13(17)14(18)9-11/h1-5,8-9H,6-7H2,(H,19,20). The van der Waals surface area contributed by atoms with Crippen LogP contribution in [-0.4, -0.2) is 12.5 Å². The molecule has 0 unspecified atom stereocenters. The van der Waals surface area contributed by atoms with Crippen molar-refractivity contribution >= 4 is 17.5 Å². The summed E-state index contributed by atoms with van der Waals surface area (Å²) in [4.78, 5) is 11.7. The van der Waals surface area contributed by atoms with Gasteiger partial charge >= 0.3 is 0 Å². The molecule has 20 heavy (non-hydrogen) atoms. The number of benzene rings is 2. The SMILES string of the molecule is O=C(NCCc1cccc(Cl)c1)c1ccc(F)c(F)c1. The number of nitrogens with one attached hydrogen (secondary N) is 1. The van der Waals surface area contributed by atoms with Gasteiger partial charge in [-0.15, -0.1) is 0 Å². The van der Waals surface area contributed by atoms with Crippen LogP contribution in [0.5, 0.6) is 0 Å². The van der Waals surface area contributed by atoms with Gasteiger partial charge in [-0.2, -0.15) is 0 Å². The maximum Gasteiger partial charge on any atom is 0.251 e. The highest BCUT2D eigenvalue weighted by Gasteiger charge is 2.09. The lowest BCUT2D eigenvalue weighted by molar-refractivity contribution is 0.0953. The highest BCUT2D eigenvalue weighted by Crippen LogP contribution is 2.11. The first-order valence-corrected chi connectivity index (χ1v) is 6.42. The van der Waals surface area contributed by atoms with Crippen LogP contribution in [0.4, 0.5) is 8.78 Å². The highest BCUT2D eigenvalue weighted by molar-refractivity contribution is 6.30. The summed E-state index contributed by atoms with van der Waals surface area (Å²) in [5.41, 5.74) is 1.08. The molecule has 0 aliphatic rings. The van der Waals surface area contributed by atoms with Crippen molar-refractivity contribution in [2.45, 2.75) is 6.42 Å². The third-order valence-electron chi connectivity index (χ3n) is 2.77. The molecule has 0 bridgehead atoms. The van der Waals surface area contributed by atoms with Gasteiger partial charge < -0.3 is 5.32 Å². The lowest BCUT2D eigenvalue weighted by atomic mass is 10.1. The highest BCUT2D eigenvalue weighted by atomic mass is 35.5. The topological polar surface area (TPSA) is 29.1 Å². The average molecular weight is 296 g/mol. The zero-order chi connectivity index (χ0) is 14.5. The summed E-state index contributed by atoms with van der Waals surface area (Å²) in [6, 6.07) is 10.4. The van der Waals surface area contributed by atoms with Gasteiger partial charge in [0, 0.05) is 17.1 Å². The second-order valence-electron chi connectivity index (χ2n) is 4.26. The van der Waals surface area contributed by atoms with Crippen molar-refractivity contribution in [3.8, 4) is 0 Å². The van der Waals surface area contributed by atoms with E-state index in [-0.39, 0.29) is 5.56 Å². The first-order chi connectivity index (χ1) is 9.56. The third-order valence-corrected chi connectivity index (χ3v) is 3.01. The number of amides is 1. The van der Waals surface area contributed by atoms with E-state index in [0.29, 0.717) is 18.0 Å². The van der Waals surface area contributed by atoms with Crippen LogP contribution >= 0.6 is 11.6 Å². The minimum atomic E-state index is -1.03. The lowest BCUT2D eigenvalue weighted by Gasteiger charge is -2.06. The fourth-order valence-corrected chi connectivity index (χ4v) is 1.97. The minimum Gasteiger partial charge on any atom is -0.352 e. The van der Waals surface area contributed by atoms with Crippen LogP contribution in [0, 0.1) is 11.6 Å². The van der Waals surface area contributed by atoms with Gasteiger partial charge in [-0.25, -0.2) is 8.78 Å². The van der Waals surface area contributed by atoms with Crippen molar-refractivity contribution in [3.05, 3.63) is 70.2 Å². The second-order valence-corrected chi connectivity index (χ2v) is 4.70. The Morgan fingerprint density at radius 1 is 1.10 bits per heavy atom. The van der Waals surface area contributed by atoms with E-state index in [1.807, 2.05) is 18.2 Å². The first-order valence-electron chi connectivity index (χ1n) is 6.04. The van der Waals surface area contributed by atoms with Gasteiger partial charge in [-0.05, 0) is 42.3 Å². The Balaban J connectivity index is 1.90. The van der Waals surface area contributed by atoms with Gasteiger partial charge in [-0.3, -0.25) is 4.79 Å². The Kier molecular flexibility index (Phi) is 4.69. The van der Waals surface area contributed by atoms with E-state index >= 15 is 0 Å². The van der Waals surface area contributed by atoms with Crippen LogP contribution in [0.25, 0.3) is 0 Å². The van der Waals surface area contributed by atoms with E-state index in [0.717, 1.165) is 17.7 Å². The van der Waals surface area contributed by atoms with Crippen LogP contribution in [-0.2, 0) is 6.42 Å². The summed E-state index contributed by atoms with van der Waals surface area (Å²) in [5.74, 6) is -2.45. The Morgan fingerprint density at radius 2 is 1.90 bits per heavy atom. The fraction of sp³-hybridized carbons (Fsp3) is 0.133. The number of carbonyl (C=O) groups excluding carboxylic acids is 1. The summed E-state index contributed by atoms with van der Waals surface area (Å²) < 4.78 is 25.8. The number of hydrogen-bond acceptors (Lipinski definition) is 1. The molecule has 0 fully saturated rings. The molecule has 5 heteroatoms. The average Bonchev–Trinajstić information content (AvgIpc) is 2.42. The summed E-state index contributed by atoms with van der Waals surface area (Å²) in [7, 11) is 0. The van der Waals surface area contributed by atoms with E-state index in [9.17, 15) is 13.6 Å². The molecule has 1 amide bonds. The lowest BCUT2D eigenvalue weighted by Crippen LogP contribution is -2.25. The molecule has 0 aromatic heterocycles. The smallest absolute Gasteiger partial charge is 0.251 e. The van der Waals surface area contributed by atoms with E-state index in [1.54, 1.807) is 6.07 Å². The number of rotatable bonds is 4. The van der Waals surface area contributed by atoms with Crippen molar-refractivity contribution < 1.29 is 13.6 Å². The first kappa shape index (κ1) is 14.5. The molecule has 104 valence electrons. The molecule has 0 heterocycles. The van der Waals surface area contributed by atoms with E-state index in [2.05, 4.69) is 5.32 Å². The van der Waals surface area contributed by atoms with Crippen molar-refractivity contribution in [1.29, 1.82) is 0 Å². The fourth-order valence-electron chi connectivity index (χ4n) is 1.75. The number of carbonyl (C=O) groups is 1. The molecule has 0 saturated carbocycles.